The van der Waals surface area contributed by atoms with Crippen molar-refractivity contribution >= 4 is 29.1 Å². The number of hydrogen-bond donors (Lipinski definition) is 1. The van der Waals surface area contributed by atoms with E-state index in [1.54, 1.807) is 36.3 Å². The van der Waals surface area contributed by atoms with Crippen molar-refractivity contribution in [2.45, 2.75) is 25.3 Å². The number of benzene rings is 2. The first-order valence-electron chi connectivity index (χ1n) is 8.57. The minimum absolute atomic E-state index is 0.0392. The van der Waals surface area contributed by atoms with E-state index in [1.807, 2.05) is 24.3 Å². The van der Waals surface area contributed by atoms with Gasteiger partial charge in [-0.05, 0) is 54.8 Å². The molecular formula is C20H21ClN2O3. The van der Waals surface area contributed by atoms with Gasteiger partial charge in [0, 0.05) is 23.7 Å². The molecule has 0 saturated carbocycles. The summed E-state index contributed by atoms with van der Waals surface area (Å²) in [5, 5.41) is 3.54. The summed E-state index contributed by atoms with van der Waals surface area (Å²) in [4.78, 5) is 26.4. The number of halogens is 1. The number of anilines is 1. The van der Waals surface area contributed by atoms with Gasteiger partial charge in [0.25, 0.3) is 0 Å². The van der Waals surface area contributed by atoms with Crippen LogP contribution in [0.2, 0.25) is 5.02 Å². The fourth-order valence-electron chi connectivity index (χ4n) is 3.10. The van der Waals surface area contributed by atoms with Crippen molar-refractivity contribution < 1.29 is 14.3 Å². The van der Waals surface area contributed by atoms with Crippen LogP contribution >= 0.6 is 11.6 Å². The molecule has 2 aromatic rings. The van der Waals surface area contributed by atoms with Crippen molar-refractivity contribution in [3.05, 3.63) is 59.1 Å². The minimum atomic E-state index is -0.473. The standard InChI is InChI=1S/C20H21ClN2O3/c1-26-17-8-2-14(3-9-17)12-13-22-20(25)18-10-11-19(24)23(18)16-6-4-15(21)5-7-16/h2-9,18H,10-13H2,1H3,(H,22,25). The highest BCUT2D eigenvalue weighted by molar-refractivity contribution is 6.30. The van der Waals surface area contributed by atoms with Gasteiger partial charge >= 0.3 is 0 Å². The van der Waals surface area contributed by atoms with E-state index in [2.05, 4.69) is 5.32 Å². The molecule has 0 spiro atoms. The maximum absolute atomic E-state index is 12.6. The number of nitrogens with one attached hydrogen (secondary N) is 1. The van der Waals surface area contributed by atoms with Gasteiger partial charge in [0.15, 0.2) is 0 Å². The summed E-state index contributed by atoms with van der Waals surface area (Å²) in [6.45, 7) is 0.518. The van der Waals surface area contributed by atoms with E-state index in [4.69, 9.17) is 16.3 Å². The Morgan fingerprint density at radius 3 is 2.54 bits per heavy atom. The summed E-state index contributed by atoms with van der Waals surface area (Å²) < 4.78 is 5.14. The van der Waals surface area contributed by atoms with Crippen LogP contribution in [0.25, 0.3) is 0 Å². The topological polar surface area (TPSA) is 58.6 Å². The first-order chi connectivity index (χ1) is 12.6. The molecule has 5 nitrogen and oxygen atoms in total. The van der Waals surface area contributed by atoms with Crippen molar-refractivity contribution in [1.82, 2.24) is 5.32 Å². The Morgan fingerprint density at radius 1 is 1.19 bits per heavy atom. The Kier molecular flexibility index (Phi) is 5.78. The predicted octanol–water partition coefficient (Wildman–Crippen LogP) is 3.20. The molecule has 1 aliphatic heterocycles. The molecule has 1 heterocycles. The lowest BCUT2D eigenvalue weighted by Gasteiger charge is -2.24. The predicted molar refractivity (Wildman–Crippen MR) is 102 cm³/mol. The van der Waals surface area contributed by atoms with Crippen molar-refractivity contribution in [1.29, 1.82) is 0 Å². The molecule has 6 heteroatoms. The van der Waals surface area contributed by atoms with E-state index >= 15 is 0 Å². The minimum Gasteiger partial charge on any atom is -0.497 e. The van der Waals surface area contributed by atoms with Crippen LogP contribution in [0.4, 0.5) is 5.69 Å². The molecule has 1 aliphatic rings. The Balaban J connectivity index is 1.59. The molecular weight excluding hydrogens is 352 g/mol. The SMILES string of the molecule is COc1ccc(CCNC(=O)C2CCC(=O)N2c2ccc(Cl)cc2)cc1. The second-order valence-corrected chi connectivity index (χ2v) is 6.62. The monoisotopic (exact) mass is 372 g/mol. The molecule has 1 saturated heterocycles. The zero-order valence-corrected chi connectivity index (χ0v) is 15.3. The third kappa shape index (κ3) is 4.17. The van der Waals surface area contributed by atoms with Gasteiger partial charge in [-0.2, -0.15) is 0 Å². The molecule has 0 aliphatic carbocycles. The van der Waals surface area contributed by atoms with Gasteiger partial charge in [-0.15, -0.1) is 0 Å². The summed E-state index contributed by atoms with van der Waals surface area (Å²) >= 11 is 5.91. The number of ether oxygens (including phenoxy) is 1. The molecule has 0 radical (unpaired) electrons. The van der Waals surface area contributed by atoms with E-state index in [0.29, 0.717) is 30.1 Å². The quantitative estimate of drug-likeness (QED) is 0.847. The van der Waals surface area contributed by atoms with Gasteiger partial charge in [0.1, 0.15) is 11.8 Å². The summed E-state index contributed by atoms with van der Waals surface area (Å²) in [7, 11) is 1.63. The lowest BCUT2D eigenvalue weighted by atomic mass is 10.1. The highest BCUT2D eigenvalue weighted by Crippen LogP contribution is 2.27. The average molecular weight is 373 g/mol. The largest absolute Gasteiger partial charge is 0.497 e. The molecule has 136 valence electrons. The second-order valence-electron chi connectivity index (χ2n) is 6.18. The van der Waals surface area contributed by atoms with Gasteiger partial charge in [0.05, 0.1) is 7.11 Å². The highest BCUT2D eigenvalue weighted by atomic mass is 35.5. The van der Waals surface area contributed by atoms with E-state index < -0.39 is 6.04 Å². The number of nitrogens with zero attached hydrogens (tertiary/aromatic N) is 1. The van der Waals surface area contributed by atoms with Gasteiger partial charge in [-0.3, -0.25) is 14.5 Å². The van der Waals surface area contributed by atoms with Crippen LogP contribution in [-0.4, -0.2) is 31.5 Å². The van der Waals surface area contributed by atoms with Gasteiger partial charge in [-0.25, -0.2) is 0 Å². The molecule has 1 unspecified atom stereocenters. The van der Waals surface area contributed by atoms with Gasteiger partial charge in [-0.1, -0.05) is 23.7 Å². The molecule has 26 heavy (non-hydrogen) atoms. The van der Waals surface area contributed by atoms with Crippen molar-refractivity contribution in [3.63, 3.8) is 0 Å². The molecule has 1 atom stereocenters. The zero-order valence-electron chi connectivity index (χ0n) is 14.6. The number of carbonyl (C=O) groups excluding carboxylic acids is 2. The molecule has 1 fully saturated rings. The van der Waals surface area contributed by atoms with E-state index in [0.717, 1.165) is 17.7 Å². The van der Waals surface area contributed by atoms with Crippen LogP contribution in [0.3, 0.4) is 0 Å². The Hall–Kier alpha value is -2.53. The van der Waals surface area contributed by atoms with Gasteiger partial charge in [0.2, 0.25) is 11.8 Å². The average Bonchev–Trinajstić information content (AvgIpc) is 3.04. The van der Waals surface area contributed by atoms with Crippen LogP contribution in [-0.2, 0) is 16.0 Å². The maximum Gasteiger partial charge on any atom is 0.243 e. The molecule has 2 amide bonds. The molecule has 0 bridgehead atoms. The van der Waals surface area contributed by atoms with Crippen LogP contribution in [0.5, 0.6) is 5.75 Å². The van der Waals surface area contributed by atoms with Crippen molar-refractivity contribution in [2.24, 2.45) is 0 Å². The number of hydrogen-bond acceptors (Lipinski definition) is 3. The van der Waals surface area contributed by atoms with Crippen LogP contribution in [0, 0.1) is 0 Å². The molecule has 2 aromatic carbocycles. The first-order valence-corrected chi connectivity index (χ1v) is 8.94. The second kappa shape index (κ2) is 8.23. The number of carbonyl (C=O) groups is 2. The maximum atomic E-state index is 12.6. The number of amides is 2. The molecule has 3 rings (SSSR count). The smallest absolute Gasteiger partial charge is 0.243 e. The van der Waals surface area contributed by atoms with E-state index in [-0.39, 0.29) is 11.8 Å². The third-order valence-electron chi connectivity index (χ3n) is 4.49. The molecule has 1 N–H and O–H groups in total. The first kappa shape index (κ1) is 18.3. The summed E-state index contributed by atoms with van der Waals surface area (Å²) in [6, 6.07) is 14.3. The normalized spacial score (nSPS) is 16.6. The van der Waals surface area contributed by atoms with Crippen LogP contribution in [0.1, 0.15) is 18.4 Å². The van der Waals surface area contributed by atoms with E-state index in [9.17, 15) is 9.59 Å². The fraction of sp³-hybridized carbons (Fsp3) is 0.300. The third-order valence-corrected chi connectivity index (χ3v) is 4.74. The number of methoxy groups -OCH3 is 1. The van der Waals surface area contributed by atoms with Gasteiger partial charge < -0.3 is 10.1 Å². The Labute approximate surface area is 157 Å². The van der Waals surface area contributed by atoms with Crippen molar-refractivity contribution in [3.8, 4) is 5.75 Å². The summed E-state index contributed by atoms with van der Waals surface area (Å²) in [5.74, 6) is 0.641. The Bertz CT molecular complexity index is 775. The van der Waals surface area contributed by atoms with E-state index in [1.165, 1.54) is 0 Å². The molecule has 0 aromatic heterocycles. The summed E-state index contributed by atoms with van der Waals surface area (Å²) in [5.41, 5.74) is 1.82. The number of rotatable bonds is 6. The lowest BCUT2D eigenvalue weighted by Crippen LogP contribution is -2.45. The fourth-order valence-corrected chi connectivity index (χ4v) is 3.22. The van der Waals surface area contributed by atoms with Crippen molar-refractivity contribution in [2.75, 3.05) is 18.6 Å². The zero-order chi connectivity index (χ0) is 18.5. The Morgan fingerprint density at radius 2 is 1.88 bits per heavy atom. The highest BCUT2D eigenvalue weighted by Gasteiger charge is 2.36. The lowest BCUT2D eigenvalue weighted by molar-refractivity contribution is -0.123. The summed E-state index contributed by atoms with van der Waals surface area (Å²) in [6.07, 6.45) is 1.62. The van der Waals surface area contributed by atoms with Crippen LogP contribution in [0.15, 0.2) is 48.5 Å². The van der Waals surface area contributed by atoms with Crippen LogP contribution < -0.4 is 15.0 Å².